The Bertz CT molecular complexity index is 745. The summed E-state index contributed by atoms with van der Waals surface area (Å²) >= 11 is 0. The van der Waals surface area contributed by atoms with Crippen molar-refractivity contribution in [2.24, 2.45) is 17.8 Å². The van der Waals surface area contributed by atoms with Gasteiger partial charge in [0.1, 0.15) is 5.75 Å². The first-order valence-electron chi connectivity index (χ1n) is 14.0. The minimum Gasteiger partial charge on any atom is -0.493 e. The quantitative estimate of drug-likeness (QED) is 0.222. The third kappa shape index (κ3) is 6.14. The van der Waals surface area contributed by atoms with Crippen molar-refractivity contribution in [2.75, 3.05) is 6.61 Å². The SMILES string of the molecule is CCCCCCCCCCOc1ccc(C(=O)OC(C)C)cc1C12CC3CC(CC(C3)C1)C2. The van der Waals surface area contributed by atoms with Gasteiger partial charge in [0.25, 0.3) is 0 Å². The van der Waals surface area contributed by atoms with Crippen LogP contribution in [0.25, 0.3) is 0 Å². The van der Waals surface area contributed by atoms with Gasteiger partial charge in [-0.25, -0.2) is 4.79 Å². The predicted octanol–water partition coefficient (Wildman–Crippen LogP) is 8.24. The van der Waals surface area contributed by atoms with Crippen LogP contribution in [0.2, 0.25) is 0 Å². The first kappa shape index (κ1) is 24.6. The first-order chi connectivity index (χ1) is 16.0. The first-order valence-corrected chi connectivity index (χ1v) is 14.0. The molecule has 33 heavy (non-hydrogen) atoms. The second kappa shape index (κ2) is 11.3. The molecule has 5 rings (SSSR count). The zero-order valence-electron chi connectivity index (χ0n) is 21.4. The standard InChI is InChI=1S/C30H46O3/c1-4-5-6-7-8-9-10-11-14-32-28-13-12-26(29(31)33-22(2)3)18-27(28)30-19-23-15-24(20-30)17-25(16-23)21-30/h12-13,18,22-25H,4-11,14-17,19-21H2,1-3H3. The lowest BCUT2D eigenvalue weighted by atomic mass is 9.48. The van der Waals surface area contributed by atoms with Crippen molar-refractivity contribution >= 4 is 5.97 Å². The molecule has 0 unspecified atom stereocenters. The minimum atomic E-state index is -0.203. The van der Waals surface area contributed by atoms with E-state index in [1.807, 2.05) is 19.9 Å². The molecule has 0 aliphatic heterocycles. The summed E-state index contributed by atoms with van der Waals surface area (Å²) in [4.78, 5) is 12.7. The molecule has 4 aliphatic rings. The fourth-order valence-corrected chi connectivity index (χ4v) is 7.34. The molecular weight excluding hydrogens is 408 g/mol. The summed E-state index contributed by atoms with van der Waals surface area (Å²) in [7, 11) is 0. The van der Waals surface area contributed by atoms with Crippen LogP contribution >= 0.6 is 0 Å². The van der Waals surface area contributed by atoms with Gasteiger partial charge in [-0.1, -0.05) is 51.9 Å². The van der Waals surface area contributed by atoms with Crippen LogP contribution in [0, 0.1) is 17.8 Å². The maximum atomic E-state index is 12.7. The Labute approximate surface area is 202 Å². The topological polar surface area (TPSA) is 35.5 Å². The highest BCUT2D eigenvalue weighted by atomic mass is 16.5. The predicted molar refractivity (Wildman–Crippen MR) is 135 cm³/mol. The molecule has 4 aliphatic carbocycles. The van der Waals surface area contributed by atoms with Crippen molar-refractivity contribution in [2.45, 2.75) is 122 Å². The van der Waals surface area contributed by atoms with Gasteiger partial charge in [0, 0.05) is 5.56 Å². The van der Waals surface area contributed by atoms with E-state index in [4.69, 9.17) is 9.47 Å². The van der Waals surface area contributed by atoms with E-state index in [0.29, 0.717) is 5.56 Å². The summed E-state index contributed by atoms with van der Waals surface area (Å²) in [5, 5.41) is 0. The normalized spacial score (nSPS) is 27.8. The van der Waals surface area contributed by atoms with Crippen LogP contribution in [0.15, 0.2) is 18.2 Å². The third-order valence-corrected chi connectivity index (χ3v) is 8.42. The Morgan fingerprint density at radius 3 is 2.06 bits per heavy atom. The van der Waals surface area contributed by atoms with Crippen LogP contribution in [0.5, 0.6) is 5.75 Å². The number of benzene rings is 1. The molecule has 0 spiro atoms. The van der Waals surface area contributed by atoms with E-state index in [1.165, 1.54) is 89.0 Å². The van der Waals surface area contributed by atoms with E-state index in [-0.39, 0.29) is 17.5 Å². The fourth-order valence-electron chi connectivity index (χ4n) is 7.34. The van der Waals surface area contributed by atoms with Crippen molar-refractivity contribution in [3.63, 3.8) is 0 Å². The van der Waals surface area contributed by atoms with Crippen molar-refractivity contribution < 1.29 is 14.3 Å². The lowest BCUT2D eigenvalue weighted by molar-refractivity contribution is -0.00645. The number of esters is 1. The van der Waals surface area contributed by atoms with E-state index in [1.54, 1.807) is 0 Å². The maximum absolute atomic E-state index is 12.7. The van der Waals surface area contributed by atoms with Gasteiger partial charge in [0.15, 0.2) is 0 Å². The summed E-state index contributed by atoms with van der Waals surface area (Å²) in [6, 6.07) is 6.12. The molecule has 0 N–H and O–H groups in total. The van der Waals surface area contributed by atoms with Crippen LogP contribution in [0.4, 0.5) is 0 Å². The van der Waals surface area contributed by atoms with E-state index < -0.39 is 0 Å². The number of hydrogen-bond donors (Lipinski definition) is 0. The van der Waals surface area contributed by atoms with E-state index in [0.717, 1.165) is 36.5 Å². The Balaban J connectivity index is 1.42. The van der Waals surface area contributed by atoms with Crippen LogP contribution in [0.3, 0.4) is 0 Å². The number of hydrogen-bond acceptors (Lipinski definition) is 3. The molecule has 1 aromatic carbocycles. The minimum absolute atomic E-state index is 0.0987. The molecule has 0 radical (unpaired) electrons. The lowest BCUT2D eigenvalue weighted by Gasteiger charge is -2.57. The molecule has 1 aromatic rings. The fraction of sp³-hybridized carbons (Fsp3) is 0.767. The Kier molecular flexibility index (Phi) is 8.41. The molecule has 3 nitrogen and oxygen atoms in total. The average Bonchev–Trinajstić information content (AvgIpc) is 2.76. The Hall–Kier alpha value is -1.51. The van der Waals surface area contributed by atoms with Gasteiger partial charge in [-0.3, -0.25) is 0 Å². The molecule has 0 saturated heterocycles. The van der Waals surface area contributed by atoms with E-state index in [2.05, 4.69) is 19.1 Å². The van der Waals surface area contributed by atoms with Crippen molar-refractivity contribution in [3.8, 4) is 5.75 Å². The monoisotopic (exact) mass is 454 g/mol. The van der Waals surface area contributed by atoms with Gasteiger partial charge >= 0.3 is 5.97 Å². The molecule has 0 atom stereocenters. The van der Waals surface area contributed by atoms with Crippen LogP contribution in [-0.4, -0.2) is 18.7 Å². The summed E-state index contributed by atoms with van der Waals surface area (Å²) in [5.74, 6) is 3.42. The van der Waals surface area contributed by atoms with Crippen molar-refractivity contribution in [1.29, 1.82) is 0 Å². The second-order valence-electron chi connectivity index (χ2n) is 11.7. The summed E-state index contributed by atoms with van der Waals surface area (Å²) in [5.41, 5.74) is 2.20. The van der Waals surface area contributed by atoms with Gasteiger partial charge in [-0.05, 0) is 100 Å². The Morgan fingerprint density at radius 2 is 1.48 bits per heavy atom. The highest BCUT2D eigenvalue weighted by Gasteiger charge is 2.52. The smallest absolute Gasteiger partial charge is 0.338 e. The molecule has 0 heterocycles. The zero-order valence-corrected chi connectivity index (χ0v) is 21.4. The van der Waals surface area contributed by atoms with Crippen LogP contribution in [-0.2, 0) is 10.2 Å². The van der Waals surface area contributed by atoms with Crippen molar-refractivity contribution in [3.05, 3.63) is 29.3 Å². The number of ether oxygens (including phenoxy) is 2. The second-order valence-corrected chi connectivity index (χ2v) is 11.7. The number of rotatable bonds is 13. The average molecular weight is 455 g/mol. The lowest BCUT2D eigenvalue weighted by Crippen LogP contribution is -2.48. The van der Waals surface area contributed by atoms with Gasteiger partial charge in [0.2, 0.25) is 0 Å². The maximum Gasteiger partial charge on any atom is 0.338 e. The molecule has 3 heteroatoms. The molecule has 0 aromatic heterocycles. The van der Waals surface area contributed by atoms with Gasteiger partial charge in [0.05, 0.1) is 18.3 Å². The van der Waals surface area contributed by atoms with E-state index >= 15 is 0 Å². The number of carbonyl (C=O) groups is 1. The highest BCUT2D eigenvalue weighted by Crippen LogP contribution is 2.62. The number of unbranched alkanes of at least 4 members (excludes halogenated alkanes) is 7. The van der Waals surface area contributed by atoms with Crippen LogP contribution < -0.4 is 4.74 Å². The molecule has 0 amide bonds. The van der Waals surface area contributed by atoms with E-state index in [9.17, 15) is 4.79 Å². The highest BCUT2D eigenvalue weighted by molar-refractivity contribution is 5.90. The largest absolute Gasteiger partial charge is 0.493 e. The number of carbonyl (C=O) groups excluding carboxylic acids is 1. The summed E-state index contributed by atoms with van der Waals surface area (Å²) in [6.45, 7) is 6.89. The Morgan fingerprint density at radius 1 is 0.909 bits per heavy atom. The molecule has 4 saturated carbocycles. The van der Waals surface area contributed by atoms with Crippen LogP contribution in [0.1, 0.15) is 127 Å². The molecule has 4 bridgehead atoms. The molecular formula is C30H46O3. The zero-order chi connectivity index (χ0) is 23.3. The van der Waals surface area contributed by atoms with Crippen molar-refractivity contribution in [1.82, 2.24) is 0 Å². The van der Waals surface area contributed by atoms with Gasteiger partial charge in [-0.15, -0.1) is 0 Å². The van der Waals surface area contributed by atoms with Gasteiger partial charge < -0.3 is 9.47 Å². The summed E-state index contributed by atoms with van der Waals surface area (Å²) < 4.78 is 12.0. The van der Waals surface area contributed by atoms with Gasteiger partial charge in [-0.2, -0.15) is 0 Å². The molecule has 4 fully saturated rings. The summed E-state index contributed by atoms with van der Waals surface area (Å²) in [6.07, 6.45) is 18.5. The third-order valence-electron chi connectivity index (χ3n) is 8.42. The molecule has 184 valence electrons.